The van der Waals surface area contributed by atoms with Crippen LogP contribution in [0.4, 0.5) is 34.1 Å². The van der Waals surface area contributed by atoms with Crippen LogP contribution >= 0.6 is 0 Å². The van der Waals surface area contributed by atoms with Crippen molar-refractivity contribution in [2.45, 2.75) is 0 Å². The Bertz CT molecular complexity index is 9050. The van der Waals surface area contributed by atoms with Crippen LogP contribution in [0.1, 0.15) is 0 Å². The Morgan fingerprint density at radius 1 is 0.114 bits per heavy atom. The second kappa shape index (κ2) is 36.4. The maximum absolute atomic E-state index is 2.39. The van der Waals surface area contributed by atoms with Crippen molar-refractivity contribution < 1.29 is 0 Å². The maximum Gasteiger partial charge on any atom is 0.0541 e. The predicted octanol–water partition coefficient (Wildman–Crippen LogP) is 37.8. The molecule has 4 heteroatoms. The van der Waals surface area contributed by atoms with Gasteiger partial charge < -0.3 is 18.9 Å². The molecule has 0 fully saturated rings. The molecule has 2 heterocycles. The van der Waals surface area contributed by atoms with Crippen molar-refractivity contribution in [3.63, 3.8) is 0 Å². The van der Waals surface area contributed by atoms with Crippen LogP contribution in [0.2, 0.25) is 0 Å². The summed E-state index contributed by atoms with van der Waals surface area (Å²) in [6, 6.07) is 203. The van der Waals surface area contributed by atoms with Gasteiger partial charge in [-0.3, -0.25) is 0 Å². The fraction of sp³-hybridized carbons (Fsp3) is 0. The van der Waals surface area contributed by atoms with Gasteiger partial charge in [0.05, 0.1) is 22.1 Å². The van der Waals surface area contributed by atoms with Gasteiger partial charge in [0, 0.05) is 67.0 Å². The summed E-state index contributed by atoms with van der Waals surface area (Å²) >= 11 is 0. The molecule has 24 aromatic carbocycles. The molecule has 0 aliphatic heterocycles. The Morgan fingerprint density at radius 2 is 0.329 bits per heavy atom. The van der Waals surface area contributed by atoms with E-state index >= 15 is 0 Å². The third-order valence-corrected chi connectivity index (χ3v) is 28.0. The smallest absolute Gasteiger partial charge is 0.0541 e. The highest BCUT2D eigenvalue weighted by atomic mass is 15.1. The Kier molecular flexibility index (Phi) is 21.7. The highest BCUT2D eigenvalue weighted by molar-refractivity contribution is 6.12. The molecule has 140 heavy (non-hydrogen) atoms. The molecule has 0 N–H and O–H groups in total. The number of fused-ring (bicyclic) bond motifs is 10. The minimum absolute atomic E-state index is 1.09. The average Bonchev–Trinajstić information content (AvgIpc) is 1.59. The molecule has 0 aliphatic rings. The average molecular weight is 1780 g/mol. The number of hydrogen-bond donors (Lipinski definition) is 0. The summed E-state index contributed by atoms with van der Waals surface area (Å²) in [6.07, 6.45) is 0. The third kappa shape index (κ3) is 16.1. The van der Waals surface area contributed by atoms with Crippen LogP contribution in [-0.4, -0.2) is 9.13 Å². The highest BCUT2D eigenvalue weighted by Crippen LogP contribution is 2.46. The first-order chi connectivity index (χ1) is 69.3. The number of rotatable bonds is 18. The number of hydrogen-bond acceptors (Lipinski definition) is 2. The Hall–Kier alpha value is -18.5. The summed E-state index contributed by atoms with van der Waals surface area (Å²) in [6.45, 7) is 0. The van der Waals surface area contributed by atoms with Crippen LogP contribution in [0, 0.1) is 0 Å². The van der Waals surface area contributed by atoms with Crippen LogP contribution in [0.3, 0.4) is 0 Å². The lowest BCUT2D eigenvalue weighted by Crippen LogP contribution is -2.09. The molecule has 0 unspecified atom stereocenters. The zero-order valence-corrected chi connectivity index (χ0v) is 76.9. The summed E-state index contributed by atoms with van der Waals surface area (Å²) in [5.41, 5.74) is 37.6. The van der Waals surface area contributed by atoms with E-state index in [-0.39, 0.29) is 0 Å². The largest absolute Gasteiger partial charge is 0.311 e. The van der Waals surface area contributed by atoms with Crippen molar-refractivity contribution in [1.29, 1.82) is 0 Å². The second-order valence-electron chi connectivity index (χ2n) is 36.3. The van der Waals surface area contributed by atoms with Gasteiger partial charge in [-0.05, 0) is 306 Å². The molecule has 4 nitrogen and oxygen atoms in total. The molecule has 656 valence electrons. The molecular formula is C136H92N4. The first kappa shape index (κ1) is 83.4. The quantitative estimate of drug-likeness (QED) is 0.0851. The molecule has 0 aliphatic carbocycles. The monoisotopic (exact) mass is 1780 g/mol. The number of aromatic nitrogens is 2. The Balaban J connectivity index is 0.000000148. The molecule has 0 spiro atoms. The number of anilines is 6. The standard InChI is InChI=1S/2C68H46N2/c1-2-10-47(11-3-1)51-28-41-64(42-29-51)70-67-17-9-8-16-65(67)66-46-60(34-43-68(66)70)55-32-39-63(40-33-55)69(62-37-30-54(31-38-62)59-25-23-49-13-5-7-15-57(49)45-59)61-35-26-52(27-36-61)50-18-20-53(21-19-50)58-24-22-48-12-4-6-14-56(48)44-58;1-2-11-47(12-3-1)50-29-42-62(43-30-50)70-67-20-9-8-18-65(67)66-46-58(35-44-68(66)70)53-33-40-61(41-34-53)69(60-38-31-52(32-39-60)57-26-23-48-13-4-5-15-56(48)45-57)59-36-27-51(28-37-59)49-21-24-55(25-22-49)64-19-10-16-54-14-6-7-17-63(54)64/h2*1-46H. The molecule has 0 bridgehead atoms. The molecular weight excluding hydrogens is 1690 g/mol. The molecule has 2 aromatic heterocycles. The van der Waals surface area contributed by atoms with Crippen molar-refractivity contribution in [2.24, 2.45) is 0 Å². The van der Waals surface area contributed by atoms with E-state index in [1.165, 1.54) is 198 Å². The summed E-state index contributed by atoms with van der Waals surface area (Å²) < 4.78 is 4.78. The van der Waals surface area contributed by atoms with E-state index in [1.807, 2.05) is 0 Å². The van der Waals surface area contributed by atoms with Gasteiger partial charge in [0.15, 0.2) is 0 Å². The zero-order valence-electron chi connectivity index (χ0n) is 76.9. The molecule has 26 aromatic rings. The molecule has 0 saturated carbocycles. The molecule has 0 amide bonds. The highest BCUT2D eigenvalue weighted by Gasteiger charge is 2.22. The van der Waals surface area contributed by atoms with Crippen LogP contribution in [-0.2, 0) is 0 Å². The van der Waals surface area contributed by atoms with Crippen LogP contribution in [0.25, 0.3) is 209 Å². The van der Waals surface area contributed by atoms with E-state index in [0.29, 0.717) is 0 Å². The van der Waals surface area contributed by atoms with Gasteiger partial charge in [0.2, 0.25) is 0 Å². The van der Waals surface area contributed by atoms with Gasteiger partial charge in [-0.25, -0.2) is 0 Å². The Morgan fingerprint density at radius 3 is 0.657 bits per heavy atom. The lowest BCUT2D eigenvalue weighted by atomic mass is 9.96. The summed E-state index contributed by atoms with van der Waals surface area (Å²) in [4.78, 5) is 4.72. The van der Waals surface area contributed by atoms with Gasteiger partial charge in [-0.1, -0.05) is 406 Å². The van der Waals surface area contributed by atoms with E-state index in [1.54, 1.807) is 0 Å². The van der Waals surface area contributed by atoms with Crippen LogP contribution in [0.5, 0.6) is 0 Å². The fourth-order valence-electron chi connectivity index (χ4n) is 20.7. The Labute approximate surface area is 814 Å². The van der Waals surface area contributed by atoms with Crippen molar-refractivity contribution in [3.8, 4) is 123 Å². The lowest BCUT2D eigenvalue weighted by Gasteiger charge is -2.26. The van der Waals surface area contributed by atoms with Crippen LogP contribution < -0.4 is 9.80 Å². The van der Waals surface area contributed by atoms with Gasteiger partial charge >= 0.3 is 0 Å². The van der Waals surface area contributed by atoms with E-state index in [0.717, 1.165) is 45.5 Å². The third-order valence-electron chi connectivity index (χ3n) is 28.0. The second-order valence-corrected chi connectivity index (χ2v) is 36.3. The summed E-state index contributed by atoms with van der Waals surface area (Å²) in [5, 5.41) is 15.0. The van der Waals surface area contributed by atoms with Gasteiger partial charge in [0.1, 0.15) is 0 Å². The SMILES string of the molecule is c1ccc(-c2ccc(-n3c4ccccc4c4cc(-c5ccc(N(c6ccc(-c7ccc(-c8ccc9ccccc9c8)cc7)cc6)c6ccc(-c7ccc8ccccc8c7)cc6)cc5)ccc43)cc2)cc1.c1ccc(-c2ccc(-n3c4ccccc4c4cc(-c5ccc(N(c6ccc(-c7ccc(-c8cccc9ccccc89)cc7)cc6)c6ccc(-c7ccc8ccccc8c7)cc6)cc5)ccc43)cc2)cc1. The van der Waals surface area contributed by atoms with E-state index < -0.39 is 0 Å². The topological polar surface area (TPSA) is 16.3 Å². The number of benzene rings is 24. The number of para-hydroxylation sites is 2. The van der Waals surface area contributed by atoms with Crippen molar-refractivity contribution in [3.05, 3.63) is 558 Å². The predicted molar refractivity (Wildman–Crippen MR) is 595 cm³/mol. The lowest BCUT2D eigenvalue weighted by molar-refractivity contribution is 1.18. The van der Waals surface area contributed by atoms with E-state index in [2.05, 4.69) is 577 Å². The fourth-order valence-corrected chi connectivity index (χ4v) is 20.7. The molecule has 26 rings (SSSR count). The first-order valence-corrected chi connectivity index (χ1v) is 48.1. The van der Waals surface area contributed by atoms with Crippen molar-refractivity contribution in [1.82, 2.24) is 9.13 Å². The molecule has 0 saturated heterocycles. The van der Waals surface area contributed by atoms with Crippen LogP contribution in [0.15, 0.2) is 558 Å². The normalized spacial score (nSPS) is 11.4. The molecule has 0 atom stereocenters. The van der Waals surface area contributed by atoms with Gasteiger partial charge in [0.25, 0.3) is 0 Å². The summed E-state index contributed by atoms with van der Waals surface area (Å²) in [7, 11) is 0. The zero-order chi connectivity index (χ0) is 92.8. The minimum Gasteiger partial charge on any atom is -0.311 e. The van der Waals surface area contributed by atoms with E-state index in [4.69, 9.17) is 0 Å². The minimum atomic E-state index is 1.09. The summed E-state index contributed by atoms with van der Waals surface area (Å²) in [5.74, 6) is 0. The van der Waals surface area contributed by atoms with Gasteiger partial charge in [-0.15, -0.1) is 0 Å². The molecule has 0 radical (unpaired) electrons. The van der Waals surface area contributed by atoms with Gasteiger partial charge in [-0.2, -0.15) is 0 Å². The number of nitrogens with zero attached hydrogens (tertiary/aromatic N) is 4. The maximum atomic E-state index is 2.39. The van der Waals surface area contributed by atoms with Crippen molar-refractivity contribution in [2.75, 3.05) is 9.80 Å². The van der Waals surface area contributed by atoms with E-state index in [9.17, 15) is 0 Å². The van der Waals surface area contributed by atoms with Crippen molar-refractivity contribution >= 4 is 121 Å². The first-order valence-electron chi connectivity index (χ1n) is 48.1.